The third-order valence-electron chi connectivity index (χ3n) is 4.51. The smallest absolute Gasteiger partial charge is 0.195 e. The molecule has 0 amide bonds. The quantitative estimate of drug-likeness (QED) is 0.557. The third kappa shape index (κ3) is 1.76. The monoisotopic (exact) mass is 373 g/mol. The number of ketones is 1. The Labute approximate surface area is 141 Å². The Morgan fingerprint density at radius 1 is 1.14 bits per heavy atom. The van der Waals surface area contributed by atoms with Crippen molar-refractivity contribution >= 4 is 44.2 Å². The van der Waals surface area contributed by atoms with Gasteiger partial charge in [-0.25, -0.2) is 0 Å². The Bertz CT molecular complexity index is 955. The van der Waals surface area contributed by atoms with Crippen molar-refractivity contribution in [2.24, 2.45) is 0 Å². The summed E-state index contributed by atoms with van der Waals surface area (Å²) in [6.07, 6.45) is 0. The molecule has 0 bridgehead atoms. The molecule has 0 radical (unpaired) electrons. The molecule has 1 aromatic heterocycles. The number of carbonyl (C=O) groups excluding carboxylic acids is 1. The molecule has 1 heterocycles. The van der Waals surface area contributed by atoms with E-state index in [2.05, 4.69) is 34.8 Å². The molecule has 0 spiro atoms. The van der Waals surface area contributed by atoms with Crippen LogP contribution in [0.4, 0.5) is 0 Å². The van der Waals surface area contributed by atoms with Crippen molar-refractivity contribution in [1.82, 2.24) is 4.98 Å². The van der Waals surface area contributed by atoms with E-state index < -0.39 is 0 Å². The number of rotatable bonds is 0. The summed E-state index contributed by atoms with van der Waals surface area (Å²) >= 11 is 9.59. The molecule has 0 saturated carbocycles. The van der Waals surface area contributed by atoms with Crippen molar-refractivity contribution in [2.45, 2.75) is 19.3 Å². The molecule has 22 heavy (non-hydrogen) atoms. The second kappa shape index (κ2) is 4.46. The second-order valence-electron chi connectivity index (χ2n) is 6.21. The van der Waals surface area contributed by atoms with Crippen LogP contribution in [-0.4, -0.2) is 10.8 Å². The summed E-state index contributed by atoms with van der Waals surface area (Å²) in [6, 6.07) is 11.5. The SMILES string of the molecule is CC1(C)c2ccc(Cl)cc2C(=O)c2c1[nH]c1cc(Br)ccc21. The highest BCUT2D eigenvalue weighted by Gasteiger charge is 2.39. The molecule has 0 aliphatic heterocycles. The van der Waals surface area contributed by atoms with Gasteiger partial charge in [0.25, 0.3) is 0 Å². The predicted octanol–water partition coefficient (Wildman–Crippen LogP) is 5.45. The first kappa shape index (κ1) is 14.0. The van der Waals surface area contributed by atoms with E-state index in [0.717, 1.165) is 32.2 Å². The molecule has 1 aliphatic carbocycles. The first-order valence-corrected chi connectivity index (χ1v) is 8.23. The molecule has 1 N–H and O–H groups in total. The van der Waals surface area contributed by atoms with Gasteiger partial charge in [0.05, 0.1) is 5.56 Å². The van der Waals surface area contributed by atoms with Gasteiger partial charge in [0.1, 0.15) is 0 Å². The lowest BCUT2D eigenvalue weighted by Gasteiger charge is -2.32. The number of nitrogens with one attached hydrogen (secondary N) is 1. The Morgan fingerprint density at radius 3 is 2.68 bits per heavy atom. The van der Waals surface area contributed by atoms with Gasteiger partial charge in [0.15, 0.2) is 5.78 Å². The van der Waals surface area contributed by atoms with E-state index in [1.165, 1.54) is 0 Å². The van der Waals surface area contributed by atoms with E-state index in [9.17, 15) is 4.79 Å². The van der Waals surface area contributed by atoms with Gasteiger partial charge >= 0.3 is 0 Å². The summed E-state index contributed by atoms with van der Waals surface area (Å²) in [5, 5.41) is 1.55. The van der Waals surface area contributed by atoms with E-state index in [0.29, 0.717) is 10.6 Å². The average molecular weight is 375 g/mol. The molecule has 2 aromatic carbocycles. The fourth-order valence-electron chi connectivity index (χ4n) is 3.39. The van der Waals surface area contributed by atoms with Crippen LogP contribution in [0.25, 0.3) is 10.9 Å². The number of carbonyl (C=O) groups is 1. The Balaban J connectivity index is 2.12. The van der Waals surface area contributed by atoms with Crippen LogP contribution >= 0.6 is 27.5 Å². The molecule has 1 aliphatic rings. The molecule has 2 nitrogen and oxygen atoms in total. The predicted molar refractivity (Wildman–Crippen MR) is 93.0 cm³/mol. The molecular formula is C18H13BrClNO. The maximum absolute atomic E-state index is 13.0. The molecule has 4 heteroatoms. The number of hydrogen-bond acceptors (Lipinski definition) is 1. The van der Waals surface area contributed by atoms with Gasteiger partial charge in [0, 0.05) is 37.1 Å². The summed E-state index contributed by atoms with van der Waals surface area (Å²) in [4.78, 5) is 16.5. The topological polar surface area (TPSA) is 32.9 Å². The minimum atomic E-state index is -0.269. The minimum Gasteiger partial charge on any atom is -0.357 e. The fraction of sp³-hybridized carbons (Fsp3) is 0.167. The highest BCUT2D eigenvalue weighted by atomic mass is 79.9. The summed E-state index contributed by atoms with van der Waals surface area (Å²) < 4.78 is 0.990. The van der Waals surface area contributed by atoms with E-state index in [-0.39, 0.29) is 11.2 Å². The van der Waals surface area contributed by atoms with Crippen LogP contribution in [0.1, 0.15) is 41.0 Å². The standard InChI is InChI=1S/C18H13BrClNO/c1-18(2)13-6-4-10(20)8-12(13)16(22)15-11-5-3-9(19)7-14(11)21-17(15)18/h3-8,21H,1-2H3. The van der Waals surface area contributed by atoms with Crippen LogP contribution in [0.5, 0.6) is 0 Å². The van der Waals surface area contributed by atoms with Crippen LogP contribution in [0.3, 0.4) is 0 Å². The summed E-state index contributed by atoms with van der Waals surface area (Å²) in [7, 11) is 0. The zero-order chi connectivity index (χ0) is 15.6. The first-order chi connectivity index (χ1) is 10.4. The van der Waals surface area contributed by atoms with E-state index in [4.69, 9.17) is 11.6 Å². The molecule has 0 unspecified atom stereocenters. The van der Waals surface area contributed by atoms with Crippen molar-refractivity contribution in [2.75, 3.05) is 0 Å². The van der Waals surface area contributed by atoms with Gasteiger partial charge in [0.2, 0.25) is 0 Å². The third-order valence-corrected chi connectivity index (χ3v) is 5.24. The summed E-state index contributed by atoms with van der Waals surface area (Å²) in [6.45, 7) is 4.27. The van der Waals surface area contributed by atoms with Crippen molar-refractivity contribution in [1.29, 1.82) is 0 Å². The normalized spacial score (nSPS) is 15.7. The second-order valence-corrected chi connectivity index (χ2v) is 7.56. The molecule has 110 valence electrons. The lowest BCUT2D eigenvalue weighted by Crippen LogP contribution is -2.30. The number of benzene rings is 2. The van der Waals surface area contributed by atoms with Crippen LogP contribution in [0.15, 0.2) is 40.9 Å². The molecule has 0 saturated heterocycles. The lowest BCUT2D eigenvalue weighted by atomic mass is 9.71. The van der Waals surface area contributed by atoms with Crippen molar-refractivity contribution < 1.29 is 4.79 Å². The zero-order valence-corrected chi connectivity index (χ0v) is 14.5. The first-order valence-electron chi connectivity index (χ1n) is 7.06. The highest BCUT2D eigenvalue weighted by molar-refractivity contribution is 9.10. The van der Waals surface area contributed by atoms with Crippen molar-refractivity contribution in [3.63, 3.8) is 0 Å². The lowest BCUT2D eigenvalue weighted by molar-refractivity contribution is 0.103. The van der Waals surface area contributed by atoms with Gasteiger partial charge in [-0.3, -0.25) is 4.79 Å². The maximum Gasteiger partial charge on any atom is 0.195 e. The number of aromatic amines is 1. The van der Waals surface area contributed by atoms with Crippen LogP contribution in [0, 0.1) is 0 Å². The Kier molecular flexibility index (Phi) is 2.85. The number of fused-ring (bicyclic) bond motifs is 4. The summed E-state index contributed by atoms with van der Waals surface area (Å²) in [5.41, 5.74) is 4.16. The number of hydrogen-bond donors (Lipinski definition) is 1. The molecule has 3 aromatic rings. The number of aromatic nitrogens is 1. The van der Waals surface area contributed by atoms with Gasteiger partial charge in [-0.05, 0) is 29.8 Å². The average Bonchev–Trinajstić information content (AvgIpc) is 2.84. The highest BCUT2D eigenvalue weighted by Crippen LogP contribution is 2.44. The van der Waals surface area contributed by atoms with Crippen molar-refractivity contribution in [3.05, 3.63) is 68.3 Å². The largest absolute Gasteiger partial charge is 0.357 e. The molecule has 0 atom stereocenters. The van der Waals surface area contributed by atoms with Crippen molar-refractivity contribution in [3.8, 4) is 0 Å². The Hall–Kier alpha value is -1.58. The van der Waals surface area contributed by atoms with Gasteiger partial charge in [-0.1, -0.05) is 53.5 Å². The van der Waals surface area contributed by atoms with E-state index in [1.807, 2.05) is 30.3 Å². The zero-order valence-electron chi connectivity index (χ0n) is 12.1. The molecular weight excluding hydrogens is 362 g/mol. The molecule has 0 fully saturated rings. The molecule has 4 rings (SSSR count). The van der Waals surface area contributed by atoms with Crippen LogP contribution in [-0.2, 0) is 5.41 Å². The van der Waals surface area contributed by atoms with E-state index >= 15 is 0 Å². The Morgan fingerprint density at radius 2 is 1.91 bits per heavy atom. The van der Waals surface area contributed by atoms with Gasteiger partial charge < -0.3 is 4.98 Å². The van der Waals surface area contributed by atoms with E-state index in [1.54, 1.807) is 6.07 Å². The minimum absolute atomic E-state index is 0.0420. The fourth-order valence-corrected chi connectivity index (χ4v) is 3.93. The van der Waals surface area contributed by atoms with Crippen LogP contribution in [0.2, 0.25) is 5.02 Å². The summed E-state index contributed by atoms with van der Waals surface area (Å²) in [5.74, 6) is 0.0420. The van der Waals surface area contributed by atoms with Gasteiger partial charge in [-0.15, -0.1) is 0 Å². The van der Waals surface area contributed by atoms with Crippen LogP contribution < -0.4 is 0 Å². The number of H-pyrrole nitrogens is 1. The number of halogens is 2. The van der Waals surface area contributed by atoms with Gasteiger partial charge in [-0.2, -0.15) is 0 Å². The maximum atomic E-state index is 13.0.